The van der Waals surface area contributed by atoms with Gasteiger partial charge in [0.1, 0.15) is 5.82 Å². The normalized spacial score (nSPS) is 15.1. The van der Waals surface area contributed by atoms with E-state index in [-0.39, 0.29) is 5.91 Å². The Bertz CT molecular complexity index is 948. The SMILES string of the molecule is Cn1cc(-c2ccc3cnc(NC(=O)CCN4CCOCC4)cc3n2)cn1. The molecule has 8 heteroatoms. The van der Waals surface area contributed by atoms with Gasteiger partial charge in [0.25, 0.3) is 0 Å². The summed E-state index contributed by atoms with van der Waals surface area (Å²) < 4.78 is 7.07. The van der Waals surface area contributed by atoms with E-state index in [9.17, 15) is 4.79 Å². The molecule has 8 nitrogen and oxygen atoms in total. The van der Waals surface area contributed by atoms with Crippen LogP contribution in [-0.2, 0) is 16.6 Å². The third kappa shape index (κ3) is 4.29. The van der Waals surface area contributed by atoms with Gasteiger partial charge in [-0.2, -0.15) is 5.10 Å². The minimum Gasteiger partial charge on any atom is -0.379 e. The van der Waals surface area contributed by atoms with Crippen LogP contribution >= 0.6 is 0 Å². The lowest BCUT2D eigenvalue weighted by atomic mass is 10.2. The zero-order valence-electron chi connectivity index (χ0n) is 15.3. The van der Waals surface area contributed by atoms with Crippen LogP contribution in [-0.4, -0.2) is 63.4 Å². The van der Waals surface area contributed by atoms with Gasteiger partial charge in [-0.25, -0.2) is 9.97 Å². The highest BCUT2D eigenvalue weighted by Crippen LogP contribution is 2.21. The van der Waals surface area contributed by atoms with Gasteiger partial charge < -0.3 is 10.1 Å². The number of hydrogen-bond acceptors (Lipinski definition) is 6. The monoisotopic (exact) mass is 366 g/mol. The van der Waals surface area contributed by atoms with E-state index in [0.717, 1.165) is 55.0 Å². The Morgan fingerprint density at radius 1 is 1.26 bits per heavy atom. The highest BCUT2D eigenvalue weighted by Gasteiger charge is 2.12. The van der Waals surface area contributed by atoms with E-state index >= 15 is 0 Å². The Morgan fingerprint density at radius 3 is 2.89 bits per heavy atom. The topological polar surface area (TPSA) is 85.2 Å². The molecule has 3 aromatic rings. The summed E-state index contributed by atoms with van der Waals surface area (Å²) in [5, 5.41) is 7.98. The van der Waals surface area contributed by atoms with Crippen LogP contribution in [0.1, 0.15) is 6.42 Å². The number of pyridine rings is 2. The average Bonchev–Trinajstić information content (AvgIpc) is 3.13. The molecule has 0 aliphatic carbocycles. The van der Waals surface area contributed by atoms with Crippen molar-refractivity contribution in [2.45, 2.75) is 6.42 Å². The molecule has 140 valence electrons. The Kier molecular flexibility index (Phi) is 5.08. The number of anilines is 1. The van der Waals surface area contributed by atoms with Gasteiger partial charge in [-0.3, -0.25) is 14.4 Å². The third-order valence-corrected chi connectivity index (χ3v) is 4.60. The number of rotatable bonds is 5. The molecular formula is C19H22N6O2. The minimum atomic E-state index is -0.0447. The van der Waals surface area contributed by atoms with Crippen LogP contribution in [0.2, 0.25) is 0 Å². The Morgan fingerprint density at radius 2 is 2.11 bits per heavy atom. The Labute approximate surface area is 157 Å². The number of nitrogens with zero attached hydrogens (tertiary/aromatic N) is 5. The van der Waals surface area contributed by atoms with Crippen molar-refractivity contribution in [2.75, 3.05) is 38.2 Å². The molecule has 0 unspecified atom stereocenters. The second kappa shape index (κ2) is 7.81. The fraction of sp³-hybridized carbons (Fsp3) is 0.368. The van der Waals surface area contributed by atoms with Crippen molar-refractivity contribution in [2.24, 2.45) is 7.05 Å². The van der Waals surface area contributed by atoms with Crippen molar-refractivity contribution >= 4 is 22.6 Å². The van der Waals surface area contributed by atoms with E-state index in [4.69, 9.17) is 4.74 Å². The van der Waals surface area contributed by atoms with Crippen molar-refractivity contribution in [1.82, 2.24) is 24.6 Å². The number of carbonyl (C=O) groups excluding carboxylic acids is 1. The number of nitrogens with one attached hydrogen (secondary N) is 1. The van der Waals surface area contributed by atoms with Crippen LogP contribution in [0.4, 0.5) is 5.82 Å². The molecule has 0 saturated carbocycles. The van der Waals surface area contributed by atoms with E-state index in [1.54, 1.807) is 17.1 Å². The number of morpholine rings is 1. The van der Waals surface area contributed by atoms with Gasteiger partial charge in [0.05, 0.1) is 30.6 Å². The maximum Gasteiger partial charge on any atom is 0.226 e. The molecule has 1 aliphatic rings. The van der Waals surface area contributed by atoms with Crippen LogP contribution in [0.3, 0.4) is 0 Å². The van der Waals surface area contributed by atoms with E-state index < -0.39 is 0 Å². The first kappa shape index (κ1) is 17.6. The fourth-order valence-corrected chi connectivity index (χ4v) is 3.09. The quantitative estimate of drug-likeness (QED) is 0.740. The predicted molar refractivity (Wildman–Crippen MR) is 102 cm³/mol. The first-order valence-electron chi connectivity index (χ1n) is 9.03. The van der Waals surface area contributed by atoms with Crippen molar-refractivity contribution in [1.29, 1.82) is 0 Å². The fourth-order valence-electron chi connectivity index (χ4n) is 3.09. The minimum absolute atomic E-state index is 0.0447. The lowest BCUT2D eigenvalue weighted by Gasteiger charge is -2.26. The van der Waals surface area contributed by atoms with E-state index in [1.165, 1.54) is 0 Å². The predicted octanol–water partition coefficient (Wildman–Crippen LogP) is 1.69. The van der Waals surface area contributed by atoms with Crippen LogP contribution in [0.5, 0.6) is 0 Å². The number of fused-ring (bicyclic) bond motifs is 1. The largest absolute Gasteiger partial charge is 0.379 e. The lowest BCUT2D eigenvalue weighted by molar-refractivity contribution is -0.116. The van der Waals surface area contributed by atoms with E-state index in [2.05, 4.69) is 25.3 Å². The zero-order valence-corrected chi connectivity index (χ0v) is 15.3. The molecule has 0 spiro atoms. The lowest BCUT2D eigenvalue weighted by Crippen LogP contribution is -2.38. The number of amides is 1. The van der Waals surface area contributed by atoms with Crippen LogP contribution in [0.15, 0.2) is 36.8 Å². The van der Waals surface area contributed by atoms with Gasteiger partial charge in [0, 0.05) is 62.5 Å². The molecular weight excluding hydrogens is 344 g/mol. The van der Waals surface area contributed by atoms with Gasteiger partial charge >= 0.3 is 0 Å². The molecule has 4 rings (SSSR count). The second-order valence-electron chi connectivity index (χ2n) is 6.61. The Balaban J connectivity index is 1.44. The van der Waals surface area contributed by atoms with Crippen molar-refractivity contribution in [3.05, 3.63) is 36.8 Å². The van der Waals surface area contributed by atoms with E-state index in [0.29, 0.717) is 12.2 Å². The number of ether oxygens (including phenoxy) is 1. The summed E-state index contributed by atoms with van der Waals surface area (Å²) >= 11 is 0. The number of aryl methyl sites for hydroxylation is 1. The molecule has 1 amide bonds. The third-order valence-electron chi connectivity index (χ3n) is 4.60. The number of carbonyl (C=O) groups is 1. The molecule has 0 aromatic carbocycles. The van der Waals surface area contributed by atoms with Gasteiger partial charge in [-0.05, 0) is 12.1 Å². The smallest absolute Gasteiger partial charge is 0.226 e. The summed E-state index contributed by atoms with van der Waals surface area (Å²) in [6.07, 6.45) is 5.86. The summed E-state index contributed by atoms with van der Waals surface area (Å²) in [7, 11) is 1.87. The van der Waals surface area contributed by atoms with Gasteiger partial charge in [-0.1, -0.05) is 0 Å². The number of aromatic nitrogens is 4. The van der Waals surface area contributed by atoms with E-state index in [1.807, 2.05) is 31.4 Å². The number of hydrogen-bond donors (Lipinski definition) is 1. The maximum absolute atomic E-state index is 12.2. The first-order chi connectivity index (χ1) is 13.2. The average molecular weight is 366 g/mol. The van der Waals surface area contributed by atoms with Crippen LogP contribution in [0.25, 0.3) is 22.2 Å². The molecule has 3 aromatic heterocycles. The molecule has 0 bridgehead atoms. The van der Waals surface area contributed by atoms with Gasteiger partial charge in [0.15, 0.2) is 0 Å². The second-order valence-corrected chi connectivity index (χ2v) is 6.61. The zero-order chi connectivity index (χ0) is 18.6. The first-order valence-corrected chi connectivity index (χ1v) is 9.03. The molecule has 0 atom stereocenters. The summed E-state index contributed by atoms with van der Waals surface area (Å²) in [4.78, 5) is 23.5. The van der Waals surface area contributed by atoms with Crippen LogP contribution in [0, 0.1) is 0 Å². The van der Waals surface area contributed by atoms with Crippen molar-refractivity contribution in [3.8, 4) is 11.3 Å². The molecule has 27 heavy (non-hydrogen) atoms. The molecule has 1 aliphatic heterocycles. The standard InChI is InChI=1S/C19H22N6O2/c1-24-13-15(12-21-24)16-3-2-14-11-20-18(10-17(14)22-16)23-19(26)4-5-25-6-8-27-9-7-25/h2-3,10-13H,4-9H2,1H3,(H,20,23,26). The van der Waals surface area contributed by atoms with Gasteiger partial charge in [0.2, 0.25) is 5.91 Å². The maximum atomic E-state index is 12.2. The highest BCUT2D eigenvalue weighted by atomic mass is 16.5. The summed E-state index contributed by atoms with van der Waals surface area (Å²) in [6, 6.07) is 5.73. The molecule has 4 heterocycles. The molecule has 1 N–H and O–H groups in total. The highest BCUT2D eigenvalue weighted by molar-refractivity contribution is 5.92. The summed E-state index contributed by atoms with van der Waals surface area (Å²) in [5.41, 5.74) is 2.58. The molecule has 1 fully saturated rings. The Hall–Kier alpha value is -2.84. The summed E-state index contributed by atoms with van der Waals surface area (Å²) in [5.74, 6) is 0.474. The van der Waals surface area contributed by atoms with Crippen molar-refractivity contribution < 1.29 is 9.53 Å². The summed E-state index contributed by atoms with van der Waals surface area (Å²) in [6.45, 7) is 3.95. The molecule has 1 saturated heterocycles. The van der Waals surface area contributed by atoms with Crippen molar-refractivity contribution in [3.63, 3.8) is 0 Å². The van der Waals surface area contributed by atoms with Gasteiger partial charge in [-0.15, -0.1) is 0 Å². The molecule has 0 radical (unpaired) electrons. The van der Waals surface area contributed by atoms with Crippen LogP contribution < -0.4 is 5.32 Å².